The molecule has 3 aliphatic carbocycles. The Balaban J connectivity index is 1.34. The number of ether oxygens (including phenoxy) is 6. The number of fused-ring (bicyclic) bond motifs is 5. The van der Waals surface area contributed by atoms with E-state index in [-0.39, 0.29) is 37.0 Å². The van der Waals surface area contributed by atoms with Crippen LogP contribution in [-0.4, -0.2) is 105 Å². The number of aliphatic hydroxyl groups excluding tert-OH is 2. The molecule has 0 aromatic heterocycles. The second-order valence-corrected chi connectivity index (χ2v) is 23.0. The van der Waals surface area contributed by atoms with E-state index in [1.165, 1.54) is 19.1 Å². The zero-order valence-electron chi connectivity index (χ0n) is 48.3. The summed E-state index contributed by atoms with van der Waals surface area (Å²) in [5, 5.41) is 40.9. The number of Topliss-reactive ketones (excluding diaryl/α,β-unsaturated/α-hetero) is 1. The molecule has 3 unspecified atom stereocenters. The van der Waals surface area contributed by atoms with E-state index in [4.69, 9.17) is 28.4 Å². The minimum atomic E-state index is -2.44. The third kappa shape index (κ3) is 14.9. The minimum Gasteiger partial charge on any atom is -0.460 e. The second kappa shape index (κ2) is 27.8. The first-order valence-electron chi connectivity index (χ1n) is 28.2. The fraction of sp³-hybridized carbons (Fsp3) is 0.508. The Morgan fingerprint density at radius 3 is 1.86 bits per heavy atom. The smallest absolute Gasteiger partial charge is 0.408 e. The van der Waals surface area contributed by atoms with Gasteiger partial charge in [-0.3, -0.25) is 14.4 Å². The van der Waals surface area contributed by atoms with Gasteiger partial charge in [-0.05, 0) is 95.9 Å². The molecule has 16 heteroatoms. The molecule has 438 valence electrons. The molecule has 0 radical (unpaired) electrons. The molecular formula is C65H83NO15. The summed E-state index contributed by atoms with van der Waals surface area (Å²) in [6.07, 6.45) is 20.2. The number of nitrogens with one attached hydrogen (secondary N) is 1. The lowest BCUT2D eigenvalue weighted by atomic mass is 9.45. The van der Waals surface area contributed by atoms with Crippen LogP contribution in [-0.2, 0) is 47.6 Å². The van der Waals surface area contributed by atoms with Crippen molar-refractivity contribution in [2.24, 2.45) is 22.7 Å². The van der Waals surface area contributed by atoms with Crippen molar-refractivity contribution < 1.29 is 72.5 Å². The molecule has 2 bridgehead atoms. The largest absolute Gasteiger partial charge is 0.460 e. The van der Waals surface area contributed by atoms with E-state index in [0.717, 1.165) is 39.0 Å². The molecule has 1 amide bonds. The fourth-order valence-electron chi connectivity index (χ4n) is 11.7. The van der Waals surface area contributed by atoms with Crippen LogP contribution in [0.2, 0.25) is 0 Å². The SMILES string of the molecule is CCC=CCC=CCC=CCC=CCC=CCC=CCCC(=O)OC1=C2C(C)C(OC(=O)[C@H](O)C(NC(=O)OC(C)(C)C)c3ccccc3)C[C@@](O)([C@@H](OC(=O)c3ccccc3)[C@@H]3[C@]4(OC(C)=O)CO[C@@H]4C[C@H](O)[C@@]3(C)C1=O)C2(C)C. The van der Waals surface area contributed by atoms with Crippen molar-refractivity contribution in [3.8, 4) is 0 Å². The van der Waals surface area contributed by atoms with Crippen LogP contribution in [0.1, 0.15) is 148 Å². The maximum Gasteiger partial charge on any atom is 0.408 e. The lowest BCUT2D eigenvalue weighted by Crippen LogP contribution is -2.81. The third-order valence-electron chi connectivity index (χ3n) is 15.9. The quantitative estimate of drug-likeness (QED) is 0.0461. The van der Waals surface area contributed by atoms with Gasteiger partial charge in [-0.25, -0.2) is 14.4 Å². The van der Waals surface area contributed by atoms with E-state index >= 15 is 4.79 Å². The number of hydrogen-bond acceptors (Lipinski definition) is 15. The number of alkyl carbamates (subject to hydrolysis) is 1. The Kier molecular flexibility index (Phi) is 21.8. The Morgan fingerprint density at radius 2 is 1.35 bits per heavy atom. The van der Waals surface area contributed by atoms with E-state index in [9.17, 15) is 39.3 Å². The topological polar surface area (TPSA) is 231 Å². The summed E-state index contributed by atoms with van der Waals surface area (Å²) in [5.74, 6) is -7.97. The van der Waals surface area contributed by atoms with Gasteiger partial charge in [0, 0.05) is 37.5 Å². The van der Waals surface area contributed by atoms with Gasteiger partial charge in [-0.15, -0.1) is 0 Å². The molecule has 2 aromatic carbocycles. The van der Waals surface area contributed by atoms with Gasteiger partial charge in [0.1, 0.15) is 29.5 Å². The first-order valence-corrected chi connectivity index (χ1v) is 28.2. The van der Waals surface area contributed by atoms with Crippen molar-refractivity contribution in [1.29, 1.82) is 0 Å². The highest BCUT2D eigenvalue weighted by atomic mass is 16.6. The standard InChI is InChI=1S/C65H83NO15/c1-10-11-12-13-14-15-16-17-18-19-20-21-22-23-24-25-26-27-34-39-50(69)78-54-51-43(2)47(77-59(73)53(70)52(45-35-30-28-31-36-45)66-60(74)81-61(4,5)6)41-65(75,62(51,7)8)57(79-58(72)46-37-32-29-33-38-46)55-63(9,56(54)71)48(68)40-49-64(55,42-76-49)80-44(3)67/h11-12,14-15,17-18,20-21,23-24,26-33,35-38,43,47-49,52-53,55,57,68,70,75H,10,13,16,19,22,25,34,39-42H2,1-9H3,(H,66,74)/t43?,47?,48-,49+,52?,53+,55-,57-,63+,64-,65+/m0/s1. The molecule has 1 aliphatic heterocycles. The molecule has 3 fully saturated rings. The molecule has 2 aromatic rings. The monoisotopic (exact) mass is 1120 g/mol. The van der Waals surface area contributed by atoms with Crippen molar-refractivity contribution in [3.05, 3.63) is 156 Å². The highest BCUT2D eigenvalue weighted by Gasteiger charge is 2.78. The van der Waals surface area contributed by atoms with Gasteiger partial charge < -0.3 is 49.1 Å². The van der Waals surface area contributed by atoms with Crippen molar-refractivity contribution in [2.75, 3.05) is 6.61 Å². The van der Waals surface area contributed by atoms with E-state index < -0.39 is 124 Å². The number of benzene rings is 2. The summed E-state index contributed by atoms with van der Waals surface area (Å²) >= 11 is 0. The molecule has 1 saturated heterocycles. The number of carbonyl (C=O) groups excluding carboxylic acids is 6. The summed E-state index contributed by atoms with van der Waals surface area (Å²) in [7, 11) is 0. The van der Waals surface area contributed by atoms with Crippen molar-refractivity contribution >= 4 is 35.8 Å². The predicted molar refractivity (Wildman–Crippen MR) is 305 cm³/mol. The Morgan fingerprint density at radius 1 is 0.802 bits per heavy atom. The Labute approximate surface area is 477 Å². The van der Waals surface area contributed by atoms with Crippen LogP contribution in [0.25, 0.3) is 0 Å². The number of esters is 4. The number of aliphatic hydroxyl groups is 3. The summed E-state index contributed by atoms with van der Waals surface area (Å²) in [6, 6.07) is 14.6. The average Bonchev–Trinajstić information content (AvgIpc) is 1.73. The second-order valence-electron chi connectivity index (χ2n) is 23.0. The summed E-state index contributed by atoms with van der Waals surface area (Å²) in [5.41, 5.74) is -8.69. The summed E-state index contributed by atoms with van der Waals surface area (Å²) < 4.78 is 36.6. The number of ketones is 1. The lowest BCUT2D eigenvalue weighted by Gasteiger charge is -2.67. The van der Waals surface area contributed by atoms with Crippen LogP contribution in [0.15, 0.2) is 145 Å². The normalized spacial score (nSPS) is 28.0. The molecular weight excluding hydrogens is 1030 g/mol. The molecule has 1 heterocycles. The number of carbonyl (C=O) groups is 6. The summed E-state index contributed by atoms with van der Waals surface area (Å²) in [4.78, 5) is 85.9. The first kappa shape index (κ1) is 63.5. The first-order chi connectivity index (χ1) is 38.4. The molecule has 2 saturated carbocycles. The maximum absolute atomic E-state index is 16.0. The number of amides is 1. The minimum absolute atomic E-state index is 0.0107. The van der Waals surface area contributed by atoms with Crippen LogP contribution in [0, 0.1) is 22.7 Å². The van der Waals surface area contributed by atoms with Crippen molar-refractivity contribution in [1.82, 2.24) is 5.32 Å². The highest BCUT2D eigenvalue weighted by Crippen LogP contribution is 2.65. The molecule has 11 atom stereocenters. The molecule has 81 heavy (non-hydrogen) atoms. The van der Waals surface area contributed by atoms with Crippen LogP contribution in [0.4, 0.5) is 4.79 Å². The van der Waals surface area contributed by atoms with Gasteiger partial charge in [0.15, 0.2) is 17.5 Å². The lowest BCUT2D eigenvalue weighted by molar-refractivity contribution is -0.345. The zero-order valence-corrected chi connectivity index (χ0v) is 48.3. The van der Waals surface area contributed by atoms with Gasteiger partial charge in [0.05, 0.1) is 35.6 Å². The van der Waals surface area contributed by atoms with Gasteiger partial charge in [-0.2, -0.15) is 0 Å². The van der Waals surface area contributed by atoms with E-state index in [2.05, 4.69) is 60.8 Å². The maximum atomic E-state index is 16.0. The average molecular weight is 1120 g/mol. The number of hydrogen-bond donors (Lipinski definition) is 4. The highest BCUT2D eigenvalue weighted by molar-refractivity contribution is 6.02. The van der Waals surface area contributed by atoms with E-state index in [1.54, 1.807) is 90.1 Å². The van der Waals surface area contributed by atoms with Crippen molar-refractivity contribution in [2.45, 2.75) is 180 Å². The predicted octanol–water partition coefficient (Wildman–Crippen LogP) is 10.5. The molecule has 4 N–H and O–H groups in total. The van der Waals surface area contributed by atoms with Gasteiger partial charge in [-0.1, -0.05) is 149 Å². The van der Waals surface area contributed by atoms with E-state index in [1.807, 2.05) is 24.3 Å². The molecule has 6 rings (SSSR count). The van der Waals surface area contributed by atoms with Crippen LogP contribution < -0.4 is 5.32 Å². The van der Waals surface area contributed by atoms with Gasteiger partial charge in [0.25, 0.3) is 0 Å². The van der Waals surface area contributed by atoms with E-state index in [0.29, 0.717) is 12.0 Å². The number of allylic oxidation sites excluding steroid dienone is 13. The van der Waals surface area contributed by atoms with Gasteiger partial charge in [0.2, 0.25) is 5.78 Å². The van der Waals surface area contributed by atoms with Crippen molar-refractivity contribution in [3.63, 3.8) is 0 Å². The zero-order chi connectivity index (χ0) is 59.2. The van der Waals surface area contributed by atoms with Gasteiger partial charge >= 0.3 is 30.0 Å². The molecule has 4 aliphatic rings. The molecule has 16 nitrogen and oxygen atoms in total. The molecule has 0 spiro atoms. The Hall–Kier alpha value is -6.72. The summed E-state index contributed by atoms with van der Waals surface area (Å²) in [6.45, 7) is 14.1. The van der Waals surface area contributed by atoms with Crippen LogP contribution in [0.5, 0.6) is 0 Å². The van der Waals surface area contributed by atoms with Crippen LogP contribution in [0.3, 0.4) is 0 Å². The Bertz CT molecular complexity index is 2750. The number of rotatable bonds is 23. The third-order valence-corrected chi connectivity index (χ3v) is 15.9. The van der Waals surface area contributed by atoms with Crippen LogP contribution >= 0.6 is 0 Å². The fourth-order valence-corrected chi connectivity index (χ4v) is 11.7.